The van der Waals surface area contributed by atoms with Crippen LogP contribution in [0.1, 0.15) is 0 Å². The molecule has 3 saturated heterocycles. The van der Waals surface area contributed by atoms with Gasteiger partial charge < -0.3 is 13.3 Å². The molecule has 0 aromatic rings. The molecule has 2 bridgehead atoms. The van der Waals surface area contributed by atoms with Gasteiger partial charge in [-0.3, -0.25) is 4.90 Å². The maximum atomic E-state index is 6.42. The molecule has 3 rings (SSSR count). The van der Waals surface area contributed by atoms with Gasteiger partial charge in [-0.05, 0) is 0 Å². The van der Waals surface area contributed by atoms with Crippen molar-refractivity contribution >= 4 is 30.9 Å². The second-order valence-electron chi connectivity index (χ2n) is 7.82. The smallest absolute Gasteiger partial charge is 0.376 e. The van der Waals surface area contributed by atoms with Crippen LogP contribution >= 0.6 is 0 Å². The first-order chi connectivity index (χ1) is 9.15. The molecular formula is C12H30NO3Si4. The molecule has 20 heavy (non-hydrogen) atoms. The van der Waals surface area contributed by atoms with Gasteiger partial charge in [0.05, 0.1) is 19.8 Å². The summed E-state index contributed by atoms with van der Waals surface area (Å²) in [5, 5.41) is 0. The largest absolute Gasteiger partial charge is 0.461 e. The zero-order valence-electron chi connectivity index (χ0n) is 13.9. The normalized spacial score (nSPS) is 32.9. The van der Waals surface area contributed by atoms with Gasteiger partial charge in [0.2, 0.25) is 0 Å². The Bertz CT molecular complexity index is 302. The van der Waals surface area contributed by atoms with Crippen molar-refractivity contribution in [1.82, 2.24) is 4.90 Å². The number of hydrogen-bond donors (Lipinski definition) is 0. The average Bonchev–Trinajstić information content (AvgIpc) is 2.14. The van der Waals surface area contributed by atoms with Gasteiger partial charge in [-0.15, -0.1) is 0 Å². The number of hydrogen-bond acceptors (Lipinski definition) is 4. The lowest BCUT2D eigenvalue weighted by atomic mass is 10.4. The highest BCUT2D eigenvalue weighted by Gasteiger charge is 2.61. The van der Waals surface area contributed by atoms with E-state index in [0.29, 0.717) is 0 Å². The Morgan fingerprint density at radius 3 is 1.40 bits per heavy atom. The number of fused-ring (bicyclic) bond motifs is 6. The Balaban J connectivity index is 2.36. The molecule has 3 aliphatic heterocycles. The van der Waals surface area contributed by atoms with E-state index in [0.717, 1.165) is 39.5 Å². The second-order valence-corrected chi connectivity index (χ2v) is 39.4. The molecule has 0 N–H and O–H groups in total. The van der Waals surface area contributed by atoms with Crippen LogP contribution in [0.15, 0.2) is 0 Å². The Hall–Kier alpha value is 0.708. The molecular weight excluding hydrogens is 318 g/mol. The van der Waals surface area contributed by atoms with Gasteiger partial charge in [-0.1, -0.05) is 39.3 Å². The summed E-state index contributed by atoms with van der Waals surface area (Å²) in [7, 11) is -5.72. The van der Waals surface area contributed by atoms with Crippen molar-refractivity contribution in [2.24, 2.45) is 0 Å². The molecule has 0 amide bonds. The maximum Gasteiger partial charge on any atom is 0.461 e. The van der Waals surface area contributed by atoms with E-state index in [1.807, 2.05) is 0 Å². The summed E-state index contributed by atoms with van der Waals surface area (Å²) < 4.78 is 19.3. The Labute approximate surface area is 128 Å². The SMILES string of the molecule is C[Si](C)(C)[Si]([Si](C)(C)C)[Si]12OCCN(CCO1)CCO2. The molecule has 3 fully saturated rings. The molecule has 0 spiro atoms. The molecule has 0 atom stereocenters. The first-order valence-corrected chi connectivity index (χ1v) is 20.9. The average molecular weight is 349 g/mol. The summed E-state index contributed by atoms with van der Waals surface area (Å²) in [4.78, 5) is 2.40. The number of rotatable bonds is 3. The van der Waals surface area contributed by atoms with Gasteiger partial charge in [0, 0.05) is 34.8 Å². The monoisotopic (exact) mass is 348 g/mol. The fraction of sp³-hybridized carbons (Fsp3) is 1.00. The molecule has 0 unspecified atom stereocenters. The van der Waals surface area contributed by atoms with Crippen LogP contribution in [-0.4, -0.2) is 75.2 Å². The van der Waals surface area contributed by atoms with Crippen molar-refractivity contribution in [2.75, 3.05) is 39.5 Å². The zero-order valence-corrected chi connectivity index (χ0v) is 17.9. The second kappa shape index (κ2) is 6.07. The molecule has 0 aromatic carbocycles. The molecule has 0 aliphatic carbocycles. The van der Waals surface area contributed by atoms with E-state index in [4.69, 9.17) is 13.3 Å². The van der Waals surface area contributed by atoms with Gasteiger partial charge in [0.25, 0.3) is 0 Å². The van der Waals surface area contributed by atoms with Crippen molar-refractivity contribution < 1.29 is 13.3 Å². The van der Waals surface area contributed by atoms with Crippen molar-refractivity contribution in [1.29, 1.82) is 0 Å². The van der Waals surface area contributed by atoms with Crippen LogP contribution in [-0.2, 0) is 13.3 Å². The van der Waals surface area contributed by atoms with E-state index >= 15 is 0 Å². The van der Waals surface area contributed by atoms with Crippen LogP contribution < -0.4 is 0 Å². The first-order valence-electron chi connectivity index (χ1n) is 7.68. The fourth-order valence-corrected chi connectivity index (χ4v) is 64.7. The topological polar surface area (TPSA) is 30.9 Å². The molecule has 3 aliphatic rings. The van der Waals surface area contributed by atoms with E-state index in [1.54, 1.807) is 0 Å². The molecule has 8 heteroatoms. The van der Waals surface area contributed by atoms with Crippen LogP contribution in [0.3, 0.4) is 0 Å². The van der Waals surface area contributed by atoms with E-state index < -0.39 is 30.9 Å². The van der Waals surface area contributed by atoms with Crippen LogP contribution in [0, 0.1) is 0 Å². The standard InChI is InChI=1S/C12H30NO3Si4/c1-18(2,3)17(19(4,5)6)20-14-10-7-13(8-11-15-20)9-12-16-20/h7-12H2,1-6H3. The van der Waals surface area contributed by atoms with Crippen molar-refractivity contribution in [3.63, 3.8) is 0 Å². The van der Waals surface area contributed by atoms with E-state index in [9.17, 15) is 0 Å². The Morgan fingerprint density at radius 1 is 0.750 bits per heavy atom. The van der Waals surface area contributed by atoms with E-state index in [1.165, 1.54) is 0 Å². The lowest BCUT2D eigenvalue weighted by molar-refractivity contribution is 0.00618. The summed E-state index contributed by atoms with van der Waals surface area (Å²) in [6, 6.07) is 0. The van der Waals surface area contributed by atoms with Crippen LogP contribution in [0.4, 0.5) is 0 Å². The molecule has 0 aromatic heterocycles. The minimum Gasteiger partial charge on any atom is -0.376 e. The molecule has 117 valence electrons. The summed E-state index contributed by atoms with van der Waals surface area (Å²) >= 11 is 0. The van der Waals surface area contributed by atoms with Gasteiger partial charge in [-0.25, -0.2) is 0 Å². The van der Waals surface area contributed by atoms with Crippen molar-refractivity contribution in [2.45, 2.75) is 39.3 Å². The quantitative estimate of drug-likeness (QED) is 0.727. The fourth-order valence-electron chi connectivity index (χ4n) is 3.65. The molecule has 1 radical (unpaired) electrons. The number of nitrogens with zero attached hydrogens (tertiary/aromatic N) is 1. The summed E-state index contributed by atoms with van der Waals surface area (Å²) in [5.41, 5.74) is 0. The van der Waals surface area contributed by atoms with E-state index in [-0.39, 0.29) is 0 Å². The van der Waals surface area contributed by atoms with Crippen molar-refractivity contribution in [3.05, 3.63) is 0 Å². The first kappa shape index (κ1) is 17.1. The molecule has 0 saturated carbocycles. The lowest BCUT2D eigenvalue weighted by Gasteiger charge is -2.48. The predicted octanol–water partition coefficient (Wildman–Crippen LogP) is 1.71. The third-order valence-electron chi connectivity index (χ3n) is 3.90. The lowest BCUT2D eigenvalue weighted by Crippen LogP contribution is -2.78. The third-order valence-corrected chi connectivity index (χ3v) is 53.9. The molecule has 4 nitrogen and oxygen atoms in total. The Kier molecular flexibility index (Phi) is 5.18. The van der Waals surface area contributed by atoms with Crippen LogP contribution in [0.5, 0.6) is 0 Å². The maximum absolute atomic E-state index is 6.42. The highest BCUT2D eigenvalue weighted by molar-refractivity contribution is 7.79. The van der Waals surface area contributed by atoms with Gasteiger partial charge in [0.1, 0.15) is 7.35 Å². The molecule has 3 heterocycles. The van der Waals surface area contributed by atoms with Gasteiger partial charge in [-0.2, -0.15) is 0 Å². The predicted molar refractivity (Wildman–Crippen MR) is 92.5 cm³/mol. The van der Waals surface area contributed by atoms with Crippen LogP contribution in [0.25, 0.3) is 0 Å². The highest BCUT2D eigenvalue weighted by atomic mass is 29.9. The minimum absolute atomic E-state index is 0.681. The summed E-state index contributed by atoms with van der Waals surface area (Å²) in [6.45, 7) is 20.6. The van der Waals surface area contributed by atoms with Crippen LogP contribution in [0.2, 0.25) is 39.3 Å². The van der Waals surface area contributed by atoms with Gasteiger partial charge >= 0.3 is 8.32 Å². The Morgan fingerprint density at radius 2 is 1.10 bits per heavy atom. The highest BCUT2D eigenvalue weighted by Crippen LogP contribution is 2.30. The zero-order chi connectivity index (χ0) is 15.0. The van der Waals surface area contributed by atoms with E-state index in [2.05, 4.69) is 44.2 Å². The van der Waals surface area contributed by atoms with Crippen molar-refractivity contribution in [3.8, 4) is 0 Å². The summed E-state index contributed by atoms with van der Waals surface area (Å²) in [5.74, 6) is 0. The minimum atomic E-state index is -2.43. The third kappa shape index (κ3) is 3.72. The summed E-state index contributed by atoms with van der Waals surface area (Å²) in [6.07, 6.45) is 0. The van der Waals surface area contributed by atoms with Gasteiger partial charge in [0.15, 0.2) is 0 Å².